The lowest BCUT2D eigenvalue weighted by Gasteiger charge is -2.10. The van der Waals surface area contributed by atoms with E-state index in [1.807, 2.05) is 6.92 Å². The number of halogens is 1. The highest BCUT2D eigenvalue weighted by Crippen LogP contribution is 2.30. The summed E-state index contributed by atoms with van der Waals surface area (Å²) in [6.07, 6.45) is 0.634. The van der Waals surface area contributed by atoms with E-state index in [4.69, 9.17) is 0 Å². The molecule has 3 heteroatoms. The first-order chi connectivity index (χ1) is 8.04. The predicted octanol–water partition coefficient (Wildman–Crippen LogP) is 3.45. The fraction of sp³-hybridized carbons (Fsp3) is 0.214. The highest BCUT2D eigenvalue weighted by atomic mass is 19.1. The summed E-state index contributed by atoms with van der Waals surface area (Å²) >= 11 is 0. The summed E-state index contributed by atoms with van der Waals surface area (Å²) in [6, 6.07) is 5.96. The van der Waals surface area contributed by atoms with E-state index in [-0.39, 0.29) is 17.1 Å². The highest BCUT2D eigenvalue weighted by Gasteiger charge is 2.15. The minimum absolute atomic E-state index is 0.111. The van der Waals surface area contributed by atoms with Gasteiger partial charge in [-0.2, -0.15) is 0 Å². The number of benzene rings is 2. The van der Waals surface area contributed by atoms with E-state index in [2.05, 4.69) is 0 Å². The van der Waals surface area contributed by atoms with Gasteiger partial charge in [0.2, 0.25) is 0 Å². The third-order valence-electron chi connectivity index (χ3n) is 2.87. The molecule has 0 fully saturated rings. The highest BCUT2D eigenvalue weighted by molar-refractivity contribution is 6.08. The molecular formula is C14H13FO2. The Kier molecular flexibility index (Phi) is 2.84. The minimum Gasteiger partial charge on any atom is -0.508 e. The summed E-state index contributed by atoms with van der Waals surface area (Å²) in [5, 5.41) is 10.9. The average molecular weight is 232 g/mol. The fourth-order valence-electron chi connectivity index (χ4n) is 2.13. The standard InChI is InChI=1S/C14H13FO2/c1-3-9-6-11(17)7-10-4-5-12(15)13(8(2)16)14(9)10/h4-7,17H,3H2,1-2H3. The number of carbonyl (C=O) groups is 1. The largest absolute Gasteiger partial charge is 0.508 e. The van der Waals surface area contributed by atoms with Gasteiger partial charge in [-0.3, -0.25) is 4.79 Å². The van der Waals surface area contributed by atoms with Crippen LogP contribution in [0.1, 0.15) is 29.8 Å². The number of aryl methyl sites for hydroxylation is 1. The topological polar surface area (TPSA) is 37.3 Å². The fourth-order valence-corrected chi connectivity index (χ4v) is 2.13. The zero-order chi connectivity index (χ0) is 12.6. The summed E-state index contributed by atoms with van der Waals surface area (Å²) in [5.41, 5.74) is 0.893. The van der Waals surface area contributed by atoms with Crippen molar-refractivity contribution < 1.29 is 14.3 Å². The molecule has 2 aromatic carbocycles. The molecular weight excluding hydrogens is 219 g/mol. The molecule has 2 aromatic rings. The van der Waals surface area contributed by atoms with Gasteiger partial charge in [-0.25, -0.2) is 4.39 Å². The summed E-state index contributed by atoms with van der Waals surface area (Å²) in [5.74, 6) is -0.672. The summed E-state index contributed by atoms with van der Waals surface area (Å²) < 4.78 is 13.7. The maximum atomic E-state index is 13.7. The summed E-state index contributed by atoms with van der Waals surface area (Å²) in [6.45, 7) is 3.26. The van der Waals surface area contributed by atoms with E-state index >= 15 is 0 Å². The Labute approximate surface area is 98.7 Å². The van der Waals surface area contributed by atoms with Crippen LogP contribution in [0.4, 0.5) is 4.39 Å². The van der Waals surface area contributed by atoms with Gasteiger partial charge < -0.3 is 5.11 Å². The monoisotopic (exact) mass is 232 g/mol. The molecule has 0 bridgehead atoms. The maximum Gasteiger partial charge on any atom is 0.163 e. The number of carbonyl (C=O) groups excluding carboxylic acids is 1. The molecule has 2 nitrogen and oxygen atoms in total. The van der Waals surface area contributed by atoms with Crippen LogP contribution < -0.4 is 0 Å². The lowest BCUT2D eigenvalue weighted by Crippen LogP contribution is -2.01. The van der Waals surface area contributed by atoms with E-state index in [1.165, 1.54) is 13.0 Å². The van der Waals surface area contributed by atoms with E-state index in [9.17, 15) is 14.3 Å². The van der Waals surface area contributed by atoms with Gasteiger partial charge >= 0.3 is 0 Å². The molecule has 0 radical (unpaired) electrons. The first kappa shape index (κ1) is 11.6. The molecule has 0 aliphatic heterocycles. The van der Waals surface area contributed by atoms with Gasteiger partial charge in [-0.15, -0.1) is 0 Å². The van der Waals surface area contributed by atoms with Crippen LogP contribution in [0.5, 0.6) is 5.75 Å². The Morgan fingerprint density at radius 3 is 2.65 bits per heavy atom. The van der Waals surface area contributed by atoms with Crippen molar-refractivity contribution in [1.82, 2.24) is 0 Å². The number of ketones is 1. The number of Topliss-reactive ketones (excluding diaryl/α,β-unsaturated/α-hetero) is 1. The Morgan fingerprint density at radius 2 is 2.06 bits per heavy atom. The van der Waals surface area contributed by atoms with Gasteiger partial charge in [0.15, 0.2) is 5.78 Å². The van der Waals surface area contributed by atoms with E-state index in [1.54, 1.807) is 18.2 Å². The number of phenols is 1. The van der Waals surface area contributed by atoms with Crippen LogP contribution in [0.2, 0.25) is 0 Å². The first-order valence-electron chi connectivity index (χ1n) is 5.49. The Hall–Kier alpha value is -1.90. The third-order valence-corrected chi connectivity index (χ3v) is 2.87. The van der Waals surface area contributed by atoms with Crippen LogP contribution >= 0.6 is 0 Å². The molecule has 0 unspecified atom stereocenters. The quantitative estimate of drug-likeness (QED) is 0.805. The van der Waals surface area contributed by atoms with Gasteiger partial charge in [0.05, 0.1) is 5.56 Å². The van der Waals surface area contributed by atoms with Crippen LogP contribution in [-0.2, 0) is 6.42 Å². The Bertz CT molecular complexity index is 603. The molecule has 2 rings (SSSR count). The smallest absolute Gasteiger partial charge is 0.163 e. The van der Waals surface area contributed by atoms with E-state index in [0.29, 0.717) is 17.2 Å². The Morgan fingerprint density at radius 1 is 1.35 bits per heavy atom. The molecule has 17 heavy (non-hydrogen) atoms. The van der Waals surface area contributed by atoms with Crippen molar-refractivity contribution in [2.24, 2.45) is 0 Å². The number of hydrogen-bond donors (Lipinski definition) is 1. The van der Waals surface area contributed by atoms with E-state index in [0.717, 1.165) is 5.56 Å². The molecule has 0 aromatic heterocycles. The van der Waals surface area contributed by atoms with Crippen molar-refractivity contribution >= 4 is 16.6 Å². The van der Waals surface area contributed by atoms with Crippen molar-refractivity contribution in [3.8, 4) is 5.75 Å². The molecule has 0 aliphatic carbocycles. The normalized spacial score (nSPS) is 10.8. The van der Waals surface area contributed by atoms with Gasteiger partial charge in [0.25, 0.3) is 0 Å². The molecule has 0 heterocycles. The second-order valence-corrected chi connectivity index (χ2v) is 4.04. The number of phenolic OH excluding ortho intramolecular Hbond substituents is 1. The lowest BCUT2D eigenvalue weighted by molar-refractivity contribution is 0.101. The maximum absolute atomic E-state index is 13.7. The minimum atomic E-state index is -0.509. The van der Waals surface area contributed by atoms with Crippen LogP contribution in [-0.4, -0.2) is 10.9 Å². The van der Waals surface area contributed by atoms with Crippen molar-refractivity contribution in [1.29, 1.82) is 0 Å². The lowest BCUT2D eigenvalue weighted by atomic mass is 9.95. The number of rotatable bonds is 2. The second kappa shape index (κ2) is 4.17. The zero-order valence-corrected chi connectivity index (χ0v) is 9.75. The summed E-state index contributed by atoms with van der Waals surface area (Å²) in [4.78, 5) is 11.5. The van der Waals surface area contributed by atoms with Crippen molar-refractivity contribution in [3.05, 3.63) is 41.2 Å². The van der Waals surface area contributed by atoms with Crippen molar-refractivity contribution in [2.45, 2.75) is 20.3 Å². The molecule has 0 aliphatic rings. The number of fused-ring (bicyclic) bond motifs is 1. The van der Waals surface area contributed by atoms with Gasteiger partial charge in [-0.1, -0.05) is 13.0 Å². The zero-order valence-electron chi connectivity index (χ0n) is 9.75. The van der Waals surface area contributed by atoms with Gasteiger partial charge in [-0.05, 0) is 47.9 Å². The second-order valence-electron chi connectivity index (χ2n) is 4.04. The Balaban J connectivity index is 2.96. The molecule has 0 atom stereocenters. The van der Waals surface area contributed by atoms with Crippen LogP contribution in [0.3, 0.4) is 0 Å². The SMILES string of the molecule is CCc1cc(O)cc2ccc(F)c(C(C)=O)c12. The van der Waals surface area contributed by atoms with Crippen LogP contribution in [0.25, 0.3) is 10.8 Å². The molecule has 0 saturated heterocycles. The number of aromatic hydroxyl groups is 1. The molecule has 88 valence electrons. The van der Waals surface area contributed by atoms with Crippen molar-refractivity contribution in [3.63, 3.8) is 0 Å². The number of hydrogen-bond acceptors (Lipinski definition) is 2. The molecule has 1 N–H and O–H groups in total. The van der Waals surface area contributed by atoms with Gasteiger partial charge in [0, 0.05) is 0 Å². The van der Waals surface area contributed by atoms with Crippen LogP contribution in [0.15, 0.2) is 24.3 Å². The van der Waals surface area contributed by atoms with Crippen LogP contribution in [0, 0.1) is 5.82 Å². The first-order valence-corrected chi connectivity index (χ1v) is 5.49. The van der Waals surface area contributed by atoms with Gasteiger partial charge in [0.1, 0.15) is 11.6 Å². The van der Waals surface area contributed by atoms with E-state index < -0.39 is 5.82 Å². The molecule has 0 saturated carbocycles. The van der Waals surface area contributed by atoms with Crippen molar-refractivity contribution in [2.75, 3.05) is 0 Å². The average Bonchev–Trinajstić information content (AvgIpc) is 2.27. The molecule has 0 amide bonds. The predicted molar refractivity (Wildman–Crippen MR) is 65.0 cm³/mol. The summed E-state index contributed by atoms with van der Waals surface area (Å²) in [7, 11) is 0. The third kappa shape index (κ3) is 1.88. The molecule has 0 spiro atoms.